The van der Waals surface area contributed by atoms with E-state index in [1.54, 1.807) is 31.5 Å². The van der Waals surface area contributed by atoms with Gasteiger partial charge in [0.05, 0.1) is 41.3 Å². The summed E-state index contributed by atoms with van der Waals surface area (Å²) in [5, 5.41) is 11.5. The molecule has 11 nitrogen and oxygen atoms in total. The zero-order valence-electron chi connectivity index (χ0n) is 27.3. The largest absolute Gasteiger partial charge is 0.346 e. The van der Waals surface area contributed by atoms with Crippen LogP contribution in [-0.2, 0) is 40.8 Å². The van der Waals surface area contributed by atoms with Crippen molar-refractivity contribution in [3.8, 4) is 23.1 Å². The zero-order chi connectivity index (χ0) is 37.3. The van der Waals surface area contributed by atoms with Crippen molar-refractivity contribution in [2.24, 2.45) is 13.0 Å². The number of carbonyl (C=O) groups is 1. The quantitative estimate of drug-likeness (QED) is 0.103. The Balaban J connectivity index is 1.33. The van der Waals surface area contributed by atoms with Crippen LogP contribution in [0.3, 0.4) is 0 Å². The first-order valence-electron chi connectivity index (χ1n) is 15.4. The molecular weight excluding hydrogens is 735 g/mol. The van der Waals surface area contributed by atoms with Gasteiger partial charge in [-0.2, -0.15) is 19.0 Å². The number of nitrogens with zero attached hydrogens (tertiary/aromatic N) is 6. The van der Waals surface area contributed by atoms with Crippen LogP contribution in [0.2, 0.25) is 0 Å². The lowest BCUT2D eigenvalue weighted by Crippen LogP contribution is -2.36. The van der Waals surface area contributed by atoms with Crippen molar-refractivity contribution in [3.63, 3.8) is 0 Å². The lowest BCUT2D eigenvalue weighted by molar-refractivity contribution is -0.123. The summed E-state index contributed by atoms with van der Waals surface area (Å²) in [6.45, 7) is -0.915. The maximum atomic E-state index is 15.4. The van der Waals surface area contributed by atoms with Crippen LogP contribution >= 0.6 is 11.8 Å². The molecule has 270 valence electrons. The average Bonchev–Trinajstić information content (AvgIpc) is 3.60. The van der Waals surface area contributed by atoms with E-state index in [1.165, 1.54) is 22.6 Å². The van der Waals surface area contributed by atoms with Crippen LogP contribution < -0.4 is 10.0 Å². The second-order valence-corrected chi connectivity index (χ2v) is 14.8. The van der Waals surface area contributed by atoms with Crippen molar-refractivity contribution >= 4 is 44.4 Å². The van der Waals surface area contributed by atoms with Gasteiger partial charge >= 0.3 is 5.92 Å². The number of hydrogen-bond donors (Lipinski definition) is 2. The molecule has 3 atom stereocenters. The fourth-order valence-electron chi connectivity index (χ4n) is 6.63. The number of sulfonamides is 1. The third-order valence-electron chi connectivity index (χ3n) is 8.68. The molecule has 2 aliphatic carbocycles. The SMILES string of the molecule is CSc1cnc(C(Cc2cc(F)cc(F)c2)NC(=O)Cn2nc(C(F)F)c3c2C(F)(F)C2C#CC32)c(-c2cccc3c(NS(C)(=O)=O)nn(C)c23)n1. The average molecular weight is 761 g/mol. The number of aromatic nitrogens is 6. The van der Waals surface area contributed by atoms with Crippen molar-refractivity contribution in [3.05, 3.63) is 82.4 Å². The molecule has 3 unspecified atom stereocenters. The molecule has 0 fully saturated rings. The van der Waals surface area contributed by atoms with Gasteiger partial charge in [-0.25, -0.2) is 31.0 Å². The van der Waals surface area contributed by atoms with Crippen molar-refractivity contribution in [1.82, 2.24) is 34.8 Å². The molecule has 0 spiro atoms. The Morgan fingerprint density at radius 3 is 2.46 bits per heavy atom. The zero-order valence-corrected chi connectivity index (χ0v) is 28.9. The fraction of sp³-hybridized carbons (Fsp3) is 0.303. The number of carbonyl (C=O) groups excluding carboxylic acids is 1. The monoisotopic (exact) mass is 760 g/mol. The Hall–Kier alpha value is -5.09. The smallest absolute Gasteiger partial charge is 0.304 e. The number of nitrogens with one attached hydrogen (secondary N) is 2. The minimum Gasteiger partial charge on any atom is -0.346 e. The Labute approximate surface area is 296 Å². The molecule has 7 rings (SSSR count). The van der Waals surface area contributed by atoms with Gasteiger partial charge in [-0.3, -0.25) is 23.9 Å². The lowest BCUT2D eigenvalue weighted by Gasteiger charge is -2.24. The van der Waals surface area contributed by atoms with Crippen molar-refractivity contribution in [2.45, 2.75) is 42.3 Å². The lowest BCUT2D eigenvalue weighted by atomic mass is 9.84. The second-order valence-electron chi connectivity index (χ2n) is 12.3. The summed E-state index contributed by atoms with van der Waals surface area (Å²) in [5.74, 6) is -4.22. The predicted molar refractivity (Wildman–Crippen MR) is 178 cm³/mol. The van der Waals surface area contributed by atoms with Gasteiger partial charge in [-0.1, -0.05) is 24.0 Å². The third-order valence-corrected chi connectivity index (χ3v) is 9.86. The van der Waals surface area contributed by atoms with E-state index in [-0.39, 0.29) is 29.2 Å². The number of para-hydroxylation sites is 1. The molecule has 2 N–H and O–H groups in total. The summed E-state index contributed by atoms with van der Waals surface area (Å²) in [5.41, 5.74) is -0.965. The van der Waals surface area contributed by atoms with Crippen molar-refractivity contribution in [2.75, 3.05) is 17.2 Å². The molecule has 2 aliphatic rings. The normalized spacial score (nSPS) is 17.7. The number of rotatable bonds is 11. The topological polar surface area (TPSA) is 137 Å². The molecule has 19 heteroatoms. The van der Waals surface area contributed by atoms with Gasteiger partial charge in [0.25, 0.3) is 6.43 Å². The molecule has 0 bridgehead atoms. The highest BCUT2D eigenvalue weighted by Gasteiger charge is 2.60. The number of amides is 1. The van der Waals surface area contributed by atoms with Gasteiger partial charge in [0, 0.05) is 29.6 Å². The van der Waals surface area contributed by atoms with Gasteiger partial charge in [0.1, 0.15) is 40.5 Å². The van der Waals surface area contributed by atoms with E-state index in [2.05, 4.69) is 37.1 Å². The highest BCUT2D eigenvalue weighted by atomic mass is 32.2. The molecule has 2 aromatic carbocycles. The molecule has 5 aromatic rings. The van der Waals surface area contributed by atoms with E-state index < -0.39 is 81.3 Å². The van der Waals surface area contributed by atoms with Gasteiger partial charge in [-0.15, -0.1) is 11.8 Å². The van der Waals surface area contributed by atoms with Crippen LogP contribution in [0.4, 0.5) is 32.2 Å². The van der Waals surface area contributed by atoms with E-state index in [1.807, 2.05) is 0 Å². The first kappa shape index (κ1) is 35.3. The van der Waals surface area contributed by atoms with Gasteiger partial charge in [0.2, 0.25) is 15.9 Å². The first-order chi connectivity index (χ1) is 24.5. The van der Waals surface area contributed by atoms with E-state index in [4.69, 9.17) is 4.98 Å². The predicted octanol–water partition coefficient (Wildman–Crippen LogP) is 5.46. The Morgan fingerprint density at radius 1 is 1.10 bits per heavy atom. The molecule has 3 heterocycles. The molecule has 3 aromatic heterocycles. The summed E-state index contributed by atoms with van der Waals surface area (Å²) < 4.78 is 116. The number of hydrogen-bond acceptors (Lipinski definition) is 8. The maximum absolute atomic E-state index is 15.4. The number of benzene rings is 2. The number of alkyl halides is 4. The van der Waals surface area contributed by atoms with Crippen LogP contribution in [0, 0.1) is 29.4 Å². The van der Waals surface area contributed by atoms with Crippen LogP contribution in [0.1, 0.15) is 46.6 Å². The van der Waals surface area contributed by atoms with Crippen LogP contribution in [0.5, 0.6) is 0 Å². The first-order valence-corrected chi connectivity index (χ1v) is 18.5. The number of fused-ring (bicyclic) bond motifs is 4. The Morgan fingerprint density at radius 2 is 1.83 bits per heavy atom. The highest BCUT2D eigenvalue weighted by molar-refractivity contribution is 7.98. The molecule has 0 aliphatic heterocycles. The van der Waals surface area contributed by atoms with E-state index in [0.29, 0.717) is 32.2 Å². The summed E-state index contributed by atoms with van der Waals surface area (Å²) in [6.07, 6.45) is 0.624. The van der Waals surface area contributed by atoms with Crippen molar-refractivity contribution < 1.29 is 39.6 Å². The Bertz CT molecular complexity index is 2440. The summed E-state index contributed by atoms with van der Waals surface area (Å²) >= 11 is 1.24. The number of halogens is 6. The Kier molecular flexibility index (Phi) is 8.72. The van der Waals surface area contributed by atoms with Gasteiger partial charge in [0.15, 0.2) is 5.82 Å². The molecule has 52 heavy (non-hydrogen) atoms. The van der Waals surface area contributed by atoms with Crippen LogP contribution in [-0.4, -0.2) is 56.4 Å². The molecule has 1 amide bonds. The second kappa shape index (κ2) is 12.8. The van der Waals surface area contributed by atoms with E-state index in [9.17, 15) is 30.8 Å². The number of thioether (sulfide) groups is 1. The molecular formula is C33H26F6N8O3S2. The molecule has 0 saturated carbocycles. The van der Waals surface area contributed by atoms with Gasteiger partial charge in [-0.05, 0) is 36.4 Å². The molecule has 0 saturated heterocycles. The summed E-state index contributed by atoms with van der Waals surface area (Å²) in [4.78, 5) is 23.1. The maximum Gasteiger partial charge on any atom is 0.304 e. The van der Waals surface area contributed by atoms with Gasteiger partial charge < -0.3 is 5.32 Å². The minimum atomic E-state index is -3.73. The summed E-state index contributed by atoms with van der Waals surface area (Å²) in [7, 11) is -2.16. The number of aryl methyl sites for hydroxylation is 1. The van der Waals surface area contributed by atoms with Crippen molar-refractivity contribution in [1.29, 1.82) is 0 Å². The fourth-order valence-corrected chi connectivity index (χ4v) is 7.48. The summed E-state index contributed by atoms with van der Waals surface area (Å²) in [6, 6.07) is 6.42. The third kappa shape index (κ3) is 6.23. The number of anilines is 1. The highest BCUT2D eigenvalue weighted by Crippen LogP contribution is 2.57. The van der Waals surface area contributed by atoms with E-state index in [0.717, 1.165) is 18.4 Å². The molecule has 0 radical (unpaired) electrons. The van der Waals surface area contributed by atoms with E-state index >= 15 is 8.78 Å². The van der Waals surface area contributed by atoms with Crippen LogP contribution in [0.15, 0.2) is 47.6 Å². The standard InChI is InChI=1S/C33H26F6N8O3S2/c1-46-29-19(5-4-6-20(29)32(44-46)45-52(3,49)50)26-27(40-13-24(42-26)51-2)22(11-15-9-16(34)12-17(35)10-15)41-23(48)14-47-30-25(28(43-47)31(36)37)18-7-8-21(18)33(30,38)39/h4-6,9-10,12-13,18,21-22,31H,11,14H2,1-3H3,(H,41,48)(H,44,45). The minimum absolute atomic E-state index is 0.0306. The van der Waals surface area contributed by atoms with Crippen LogP contribution in [0.25, 0.3) is 22.2 Å².